The standard InChI is InChI=1S/C15H18BrNS/c1-3-11-7-5-6-8-12(11)15(17-4-2)13-9-10-14(16)18-13/h5-10,15,17H,3-4H2,1-2H3. The molecule has 1 atom stereocenters. The van der Waals surface area contributed by atoms with Crippen molar-refractivity contribution in [3.8, 4) is 0 Å². The van der Waals surface area contributed by atoms with E-state index in [2.05, 4.69) is 71.5 Å². The molecule has 0 saturated heterocycles. The van der Waals surface area contributed by atoms with Crippen LogP contribution in [-0.4, -0.2) is 6.54 Å². The summed E-state index contributed by atoms with van der Waals surface area (Å²) in [6, 6.07) is 13.3. The molecule has 0 saturated carbocycles. The van der Waals surface area contributed by atoms with E-state index < -0.39 is 0 Å². The summed E-state index contributed by atoms with van der Waals surface area (Å²) in [5, 5.41) is 3.59. The van der Waals surface area contributed by atoms with E-state index in [1.165, 1.54) is 19.8 Å². The molecule has 1 aromatic heterocycles. The minimum atomic E-state index is 0.308. The summed E-state index contributed by atoms with van der Waals surface area (Å²) in [4.78, 5) is 1.37. The molecule has 2 aromatic rings. The molecular weight excluding hydrogens is 306 g/mol. The highest BCUT2D eigenvalue weighted by Gasteiger charge is 2.17. The molecule has 0 fully saturated rings. The quantitative estimate of drug-likeness (QED) is 0.835. The average Bonchev–Trinajstić information content (AvgIpc) is 2.82. The number of rotatable bonds is 5. The van der Waals surface area contributed by atoms with Crippen molar-refractivity contribution in [3.05, 3.63) is 56.2 Å². The molecule has 1 unspecified atom stereocenters. The first-order chi connectivity index (χ1) is 8.76. The number of hydrogen-bond acceptors (Lipinski definition) is 2. The van der Waals surface area contributed by atoms with Crippen LogP contribution in [0.25, 0.3) is 0 Å². The number of nitrogens with one attached hydrogen (secondary N) is 1. The Balaban J connectivity index is 2.41. The zero-order chi connectivity index (χ0) is 13.0. The fraction of sp³-hybridized carbons (Fsp3) is 0.333. The van der Waals surface area contributed by atoms with Crippen LogP contribution in [0.15, 0.2) is 40.2 Å². The van der Waals surface area contributed by atoms with E-state index in [9.17, 15) is 0 Å². The second-order valence-corrected chi connectivity index (χ2v) is 6.68. The van der Waals surface area contributed by atoms with Crippen molar-refractivity contribution in [1.82, 2.24) is 5.32 Å². The van der Waals surface area contributed by atoms with Crippen LogP contribution in [0.5, 0.6) is 0 Å². The van der Waals surface area contributed by atoms with Crippen molar-refractivity contribution in [3.63, 3.8) is 0 Å². The Labute approximate surface area is 121 Å². The molecule has 0 radical (unpaired) electrons. The van der Waals surface area contributed by atoms with Crippen LogP contribution in [0.2, 0.25) is 0 Å². The fourth-order valence-corrected chi connectivity index (χ4v) is 3.71. The predicted octanol–water partition coefficient (Wildman–Crippen LogP) is 4.77. The van der Waals surface area contributed by atoms with Gasteiger partial charge in [-0.2, -0.15) is 0 Å². The number of halogens is 1. The van der Waals surface area contributed by atoms with E-state index in [4.69, 9.17) is 0 Å². The monoisotopic (exact) mass is 323 g/mol. The zero-order valence-corrected chi connectivity index (χ0v) is 13.1. The van der Waals surface area contributed by atoms with Crippen molar-refractivity contribution in [2.45, 2.75) is 26.3 Å². The zero-order valence-electron chi connectivity index (χ0n) is 10.7. The number of benzene rings is 1. The lowest BCUT2D eigenvalue weighted by Crippen LogP contribution is -2.22. The molecule has 0 aliphatic rings. The third-order valence-corrected chi connectivity index (χ3v) is 4.72. The van der Waals surface area contributed by atoms with Gasteiger partial charge < -0.3 is 5.32 Å². The predicted molar refractivity (Wildman–Crippen MR) is 83.4 cm³/mol. The highest BCUT2D eigenvalue weighted by atomic mass is 79.9. The van der Waals surface area contributed by atoms with E-state index >= 15 is 0 Å². The number of hydrogen-bond donors (Lipinski definition) is 1. The Bertz CT molecular complexity index is 507. The lowest BCUT2D eigenvalue weighted by molar-refractivity contribution is 0.634. The molecule has 0 bridgehead atoms. The Morgan fingerprint density at radius 1 is 1.17 bits per heavy atom. The summed E-state index contributed by atoms with van der Waals surface area (Å²) in [6.45, 7) is 5.34. The molecule has 2 rings (SSSR count). The van der Waals surface area contributed by atoms with Gasteiger partial charge in [-0.1, -0.05) is 38.1 Å². The molecule has 1 N–H and O–H groups in total. The van der Waals surface area contributed by atoms with Gasteiger partial charge in [0.05, 0.1) is 9.83 Å². The van der Waals surface area contributed by atoms with Gasteiger partial charge in [-0.05, 0) is 52.2 Å². The van der Waals surface area contributed by atoms with Gasteiger partial charge in [0, 0.05) is 4.88 Å². The summed E-state index contributed by atoms with van der Waals surface area (Å²) < 4.78 is 1.19. The molecule has 18 heavy (non-hydrogen) atoms. The van der Waals surface area contributed by atoms with Crippen molar-refractivity contribution in [2.24, 2.45) is 0 Å². The lowest BCUT2D eigenvalue weighted by atomic mass is 9.97. The second kappa shape index (κ2) is 6.50. The van der Waals surface area contributed by atoms with Crippen molar-refractivity contribution < 1.29 is 0 Å². The molecule has 1 aromatic carbocycles. The molecule has 1 nitrogen and oxygen atoms in total. The molecule has 0 aliphatic heterocycles. The van der Waals surface area contributed by atoms with Gasteiger partial charge >= 0.3 is 0 Å². The minimum absolute atomic E-state index is 0.308. The second-order valence-electron chi connectivity index (χ2n) is 4.18. The maximum Gasteiger partial charge on any atom is 0.0702 e. The van der Waals surface area contributed by atoms with Gasteiger partial charge in [0.2, 0.25) is 0 Å². The first kappa shape index (κ1) is 13.8. The summed E-state index contributed by atoms with van der Waals surface area (Å²) in [5.41, 5.74) is 2.82. The molecular formula is C15H18BrNS. The van der Waals surface area contributed by atoms with Gasteiger partial charge in [0.1, 0.15) is 0 Å². The average molecular weight is 324 g/mol. The van der Waals surface area contributed by atoms with E-state index in [0.717, 1.165) is 13.0 Å². The van der Waals surface area contributed by atoms with Crippen molar-refractivity contribution in [2.75, 3.05) is 6.54 Å². The summed E-state index contributed by atoms with van der Waals surface area (Å²) in [7, 11) is 0. The van der Waals surface area contributed by atoms with Gasteiger partial charge in [-0.25, -0.2) is 0 Å². The summed E-state index contributed by atoms with van der Waals surface area (Å²) in [6.07, 6.45) is 1.07. The largest absolute Gasteiger partial charge is 0.306 e. The maximum absolute atomic E-state index is 3.59. The van der Waals surface area contributed by atoms with E-state index in [-0.39, 0.29) is 0 Å². The third kappa shape index (κ3) is 3.02. The van der Waals surface area contributed by atoms with Crippen LogP contribution in [-0.2, 0) is 6.42 Å². The Morgan fingerprint density at radius 2 is 1.94 bits per heavy atom. The van der Waals surface area contributed by atoms with E-state index in [1.54, 1.807) is 11.3 Å². The van der Waals surface area contributed by atoms with E-state index in [0.29, 0.717) is 6.04 Å². The molecule has 1 heterocycles. The first-order valence-corrected chi connectivity index (χ1v) is 7.93. The smallest absolute Gasteiger partial charge is 0.0702 e. The number of aryl methyl sites for hydroxylation is 1. The highest BCUT2D eigenvalue weighted by Crippen LogP contribution is 2.32. The van der Waals surface area contributed by atoms with E-state index in [1.807, 2.05) is 0 Å². The fourth-order valence-electron chi connectivity index (χ4n) is 2.19. The maximum atomic E-state index is 3.59. The Morgan fingerprint density at radius 3 is 2.56 bits per heavy atom. The SMILES string of the molecule is CCNC(c1ccc(Br)s1)c1ccccc1CC. The van der Waals surface area contributed by atoms with Gasteiger partial charge in [-0.15, -0.1) is 11.3 Å². The van der Waals surface area contributed by atoms with Crippen LogP contribution < -0.4 is 5.32 Å². The van der Waals surface area contributed by atoms with Crippen LogP contribution in [0, 0.1) is 0 Å². The van der Waals surface area contributed by atoms with Gasteiger partial charge in [0.15, 0.2) is 0 Å². The van der Waals surface area contributed by atoms with Gasteiger partial charge in [-0.3, -0.25) is 0 Å². The number of thiophene rings is 1. The minimum Gasteiger partial charge on any atom is -0.306 e. The third-order valence-electron chi connectivity index (χ3n) is 3.03. The molecule has 0 amide bonds. The lowest BCUT2D eigenvalue weighted by Gasteiger charge is -2.20. The summed E-state index contributed by atoms with van der Waals surface area (Å²) in [5.74, 6) is 0. The molecule has 3 heteroatoms. The topological polar surface area (TPSA) is 12.0 Å². The first-order valence-electron chi connectivity index (χ1n) is 6.32. The Kier molecular flexibility index (Phi) is 4.98. The highest BCUT2D eigenvalue weighted by molar-refractivity contribution is 9.11. The van der Waals surface area contributed by atoms with Crippen LogP contribution >= 0.6 is 27.3 Å². The summed E-state index contributed by atoms with van der Waals surface area (Å²) >= 11 is 5.35. The van der Waals surface area contributed by atoms with Crippen LogP contribution in [0.3, 0.4) is 0 Å². The Hall–Kier alpha value is -0.640. The van der Waals surface area contributed by atoms with Gasteiger partial charge in [0.25, 0.3) is 0 Å². The molecule has 0 aliphatic carbocycles. The van der Waals surface area contributed by atoms with Crippen LogP contribution in [0.1, 0.15) is 35.9 Å². The van der Waals surface area contributed by atoms with Crippen molar-refractivity contribution in [1.29, 1.82) is 0 Å². The molecule has 96 valence electrons. The normalized spacial score (nSPS) is 12.6. The molecule has 0 spiro atoms. The van der Waals surface area contributed by atoms with Crippen molar-refractivity contribution >= 4 is 27.3 Å². The van der Waals surface area contributed by atoms with Crippen LogP contribution in [0.4, 0.5) is 0 Å².